The summed E-state index contributed by atoms with van der Waals surface area (Å²) in [7, 11) is 0. The molecular weight excluding hydrogens is 258 g/mol. The summed E-state index contributed by atoms with van der Waals surface area (Å²) in [6.45, 7) is 4.17. The van der Waals surface area contributed by atoms with Crippen LogP contribution in [-0.4, -0.2) is 0 Å². The van der Waals surface area contributed by atoms with Crippen LogP contribution < -0.4 is 5.32 Å². The highest BCUT2D eigenvalue weighted by molar-refractivity contribution is 5.35. The van der Waals surface area contributed by atoms with Gasteiger partial charge >= 0.3 is 0 Å². The summed E-state index contributed by atoms with van der Waals surface area (Å²) in [6.07, 6.45) is 0. The average Bonchev–Trinajstić information content (AvgIpc) is 2.54. The van der Waals surface area contributed by atoms with Crippen molar-refractivity contribution in [2.75, 3.05) is 0 Å². The molecule has 0 amide bonds. The molecule has 0 heterocycles. The van der Waals surface area contributed by atoms with E-state index in [-0.39, 0.29) is 12.1 Å². The number of nitriles is 2. The third kappa shape index (κ3) is 3.69. The van der Waals surface area contributed by atoms with Crippen LogP contribution in [0.2, 0.25) is 0 Å². The Morgan fingerprint density at radius 3 is 2.05 bits per heavy atom. The highest BCUT2D eigenvalue weighted by Gasteiger charge is 2.11. The largest absolute Gasteiger partial charge is 0.304 e. The molecule has 0 aromatic heterocycles. The number of hydrogen-bond acceptors (Lipinski definition) is 3. The molecule has 0 radical (unpaired) electrons. The van der Waals surface area contributed by atoms with Crippen LogP contribution in [-0.2, 0) is 0 Å². The van der Waals surface area contributed by atoms with Gasteiger partial charge in [0.25, 0.3) is 0 Å². The van der Waals surface area contributed by atoms with Crippen molar-refractivity contribution < 1.29 is 0 Å². The highest BCUT2D eigenvalue weighted by atomic mass is 14.9. The summed E-state index contributed by atoms with van der Waals surface area (Å²) in [6, 6.07) is 19.8. The second-order valence-corrected chi connectivity index (χ2v) is 5.08. The molecule has 0 aliphatic rings. The van der Waals surface area contributed by atoms with Crippen LogP contribution in [0.4, 0.5) is 0 Å². The van der Waals surface area contributed by atoms with Crippen molar-refractivity contribution in [1.29, 1.82) is 10.5 Å². The normalized spacial score (nSPS) is 13.0. The van der Waals surface area contributed by atoms with Gasteiger partial charge in [-0.3, -0.25) is 0 Å². The van der Waals surface area contributed by atoms with Crippen LogP contribution in [0, 0.1) is 22.7 Å². The number of benzene rings is 2. The molecule has 0 saturated heterocycles. The van der Waals surface area contributed by atoms with E-state index in [4.69, 9.17) is 10.5 Å². The van der Waals surface area contributed by atoms with Crippen LogP contribution in [0.5, 0.6) is 0 Å². The number of hydrogen-bond donors (Lipinski definition) is 1. The van der Waals surface area contributed by atoms with Gasteiger partial charge in [-0.1, -0.05) is 24.3 Å². The lowest BCUT2D eigenvalue weighted by Gasteiger charge is -2.21. The predicted octanol–water partition coefficient (Wildman–Crippen LogP) is 3.84. The average molecular weight is 275 g/mol. The fraction of sp³-hybridized carbons (Fsp3) is 0.222. The summed E-state index contributed by atoms with van der Waals surface area (Å²) in [4.78, 5) is 0. The first-order valence-electron chi connectivity index (χ1n) is 6.90. The Labute approximate surface area is 125 Å². The van der Waals surface area contributed by atoms with Crippen LogP contribution >= 0.6 is 0 Å². The van der Waals surface area contributed by atoms with Gasteiger partial charge in [0.05, 0.1) is 23.3 Å². The van der Waals surface area contributed by atoms with Gasteiger partial charge in [0.1, 0.15) is 0 Å². The number of nitrogens with one attached hydrogen (secondary N) is 1. The zero-order chi connectivity index (χ0) is 15.2. The van der Waals surface area contributed by atoms with Gasteiger partial charge in [-0.15, -0.1) is 0 Å². The SMILES string of the molecule is CC(NC(C)c1cccc(C#N)c1)c1ccc(C#N)cc1. The Kier molecular flexibility index (Phi) is 4.72. The number of nitrogens with zero attached hydrogens (tertiary/aromatic N) is 2. The summed E-state index contributed by atoms with van der Waals surface area (Å²) < 4.78 is 0. The number of rotatable bonds is 4. The summed E-state index contributed by atoms with van der Waals surface area (Å²) in [5.41, 5.74) is 3.57. The van der Waals surface area contributed by atoms with Crippen molar-refractivity contribution in [2.24, 2.45) is 0 Å². The molecule has 104 valence electrons. The molecule has 2 atom stereocenters. The van der Waals surface area contributed by atoms with Crippen molar-refractivity contribution in [3.8, 4) is 12.1 Å². The maximum Gasteiger partial charge on any atom is 0.0991 e. The lowest BCUT2D eigenvalue weighted by molar-refractivity contribution is 0.494. The van der Waals surface area contributed by atoms with Crippen LogP contribution in [0.3, 0.4) is 0 Å². The molecule has 3 nitrogen and oxygen atoms in total. The van der Waals surface area contributed by atoms with Crippen molar-refractivity contribution in [2.45, 2.75) is 25.9 Å². The Balaban J connectivity index is 2.09. The van der Waals surface area contributed by atoms with E-state index < -0.39 is 0 Å². The van der Waals surface area contributed by atoms with E-state index in [2.05, 4.69) is 31.3 Å². The van der Waals surface area contributed by atoms with E-state index in [9.17, 15) is 0 Å². The minimum absolute atomic E-state index is 0.143. The first-order chi connectivity index (χ1) is 10.1. The van der Waals surface area contributed by atoms with E-state index >= 15 is 0 Å². The Bertz CT molecular complexity index is 690. The van der Waals surface area contributed by atoms with E-state index in [1.807, 2.05) is 42.5 Å². The monoisotopic (exact) mass is 275 g/mol. The van der Waals surface area contributed by atoms with Crippen LogP contribution in [0.15, 0.2) is 48.5 Å². The highest BCUT2D eigenvalue weighted by Crippen LogP contribution is 2.20. The molecule has 2 unspecified atom stereocenters. The molecule has 1 N–H and O–H groups in total. The van der Waals surface area contributed by atoms with Gasteiger partial charge in [-0.2, -0.15) is 10.5 Å². The van der Waals surface area contributed by atoms with Crippen molar-refractivity contribution in [1.82, 2.24) is 5.32 Å². The molecule has 3 heteroatoms. The van der Waals surface area contributed by atoms with E-state index in [0.717, 1.165) is 11.1 Å². The van der Waals surface area contributed by atoms with Gasteiger partial charge < -0.3 is 5.32 Å². The first kappa shape index (κ1) is 14.8. The van der Waals surface area contributed by atoms with E-state index in [1.165, 1.54) is 0 Å². The minimum atomic E-state index is 0.143. The van der Waals surface area contributed by atoms with Gasteiger partial charge in [0.2, 0.25) is 0 Å². The maximum absolute atomic E-state index is 8.96. The zero-order valence-electron chi connectivity index (χ0n) is 12.2. The molecule has 21 heavy (non-hydrogen) atoms. The molecular formula is C18H17N3. The fourth-order valence-electron chi connectivity index (χ4n) is 2.29. The van der Waals surface area contributed by atoms with Crippen molar-refractivity contribution in [3.63, 3.8) is 0 Å². The van der Waals surface area contributed by atoms with Gasteiger partial charge in [-0.05, 0) is 49.2 Å². The topological polar surface area (TPSA) is 59.6 Å². The Morgan fingerprint density at radius 2 is 1.43 bits per heavy atom. The lowest BCUT2D eigenvalue weighted by Crippen LogP contribution is -2.22. The first-order valence-corrected chi connectivity index (χ1v) is 6.90. The van der Waals surface area contributed by atoms with E-state index in [0.29, 0.717) is 11.1 Å². The lowest BCUT2D eigenvalue weighted by atomic mass is 10.0. The van der Waals surface area contributed by atoms with Crippen molar-refractivity contribution >= 4 is 0 Å². The minimum Gasteiger partial charge on any atom is -0.304 e. The molecule has 0 bridgehead atoms. The molecule has 0 aliphatic heterocycles. The van der Waals surface area contributed by atoms with Crippen LogP contribution in [0.25, 0.3) is 0 Å². The summed E-state index contributed by atoms with van der Waals surface area (Å²) in [5.74, 6) is 0. The fourth-order valence-corrected chi connectivity index (χ4v) is 2.29. The third-order valence-electron chi connectivity index (χ3n) is 3.56. The second kappa shape index (κ2) is 6.70. The molecule has 2 aromatic rings. The standard InChI is InChI=1S/C18H17N3/c1-13(17-8-6-15(11-19)7-9-17)21-14(2)18-5-3-4-16(10-18)12-20/h3-10,13-14,21H,1-2H3. The second-order valence-electron chi connectivity index (χ2n) is 5.08. The molecule has 0 aliphatic carbocycles. The quantitative estimate of drug-likeness (QED) is 0.922. The summed E-state index contributed by atoms with van der Waals surface area (Å²) >= 11 is 0. The predicted molar refractivity (Wildman–Crippen MR) is 82.3 cm³/mol. The maximum atomic E-state index is 8.96. The van der Waals surface area contributed by atoms with Crippen LogP contribution in [0.1, 0.15) is 48.2 Å². The molecule has 2 aromatic carbocycles. The zero-order valence-corrected chi connectivity index (χ0v) is 12.2. The molecule has 2 rings (SSSR count). The third-order valence-corrected chi connectivity index (χ3v) is 3.56. The Hall–Kier alpha value is -2.62. The summed E-state index contributed by atoms with van der Waals surface area (Å²) in [5, 5.41) is 21.3. The smallest absolute Gasteiger partial charge is 0.0991 e. The molecule has 0 fully saturated rings. The van der Waals surface area contributed by atoms with E-state index in [1.54, 1.807) is 6.07 Å². The van der Waals surface area contributed by atoms with Gasteiger partial charge in [0.15, 0.2) is 0 Å². The Morgan fingerprint density at radius 1 is 0.810 bits per heavy atom. The van der Waals surface area contributed by atoms with Gasteiger partial charge in [0, 0.05) is 12.1 Å². The van der Waals surface area contributed by atoms with Crippen molar-refractivity contribution in [3.05, 3.63) is 70.8 Å². The molecule has 0 spiro atoms. The molecule has 0 saturated carbocycles. The van der Waals surface area contributed by atoms with Gasteiger partial charge in [-0.25, -0.2) is 0 Å².